The summed E-state index contributed by atoms with van der Waals surface area (Å²) in [5.74, 6) is -0.272. The number of hydrogen-bond acceptors (Lipinski definition) is 4. The minimum absolute atomic E-state index is 0.262. The Balaban J connectivity index is 2.01. The van der Waals surface area contributed by atoms with Crippen LogP contribution in [0.3, 0.4) is 0 Å². The van der Waals surface area contributed by atoms with Crippen LogP contribution >= 0.6 is 11.3 Å². The number of rotatable bonds is 2. The summed E-state index contributed by atoms with van der Waals surface area (Å²) < 4.78 is 13.6. The second kappa shape index (κ2) is 5.58. The molecule has 5 nitrogen and oxygen atoms in total. The quantitative estimate of drug-likeness (QED) is 0.756. The van der Waals surface area contributed by atoms with E-state index in [9.17, 15) is 14.0 Å². The van der Waals surface area contributed by atoms with E-state index in [1.54, 1.807) is 32.9 Å². The van der Waals surface area contributed by atoms with Gasteiger partial charge in [0.2, 0.25) is 0 Å². The van der Waals surface area contributed by atoms with Gasteiger partial charge in [-0.05, 0) is 44.0 Å². The van der Waals surface area contributed by atoms with E-state index in [1.807, 2.05) is 0 Å². The van der Waals surface area contributed by atoms with Crippen LogP contribution in [-0.4, -0.2) is 15.9 Å². The van der Waals surface area contributed by atoms with Gasteiger partial charge in [0, 0.05) is 5.69 Å². The number of nitrogens with zero attached hydrogens (tertiary/aromatic N) is 1. The third-order valence-electron chi connectivity index (χ3n) is 3.55. The van der Waals surface area contributed by atoms with Gasteiger partial charge < -0.3 is 10.3 Å². The monoisotopic (exact) mass is 331 g/mol. The number of anilines is 1. The van der Waals surface area contributed by atoms with Crippen molar-refractivity contribution in [2.75, 3.05) is 5.32 Å². The molecular formula is C16H14FN3O2S. The molecule has 0 aliphatic heterocycles. The third-order valence-corrected chi connectivity index (χ3v) is 4.74. The van der Waals surface area contributed by atoms with Crippen molar-refractivity contribution in [3.05, 3.63) is 56.2 Å². The Bertz CT molecular complexity index is 991. The van der Waals surface area contributed by atoms with Crippen LogP contribution in [0.4, 0.5) is 10.1 Å². The number of nitrogens with one attached hydrogen (secondary N) is 2. The standard InChI is InChI=1S/C16H14FN3O2S/c1-7-4-5-10(6-11(7)17)20-15(22)13-8(2)12-14(21)18-9(3)19-16(12)23-13/h4-6H,1-3H3,(H,20,22)(H,18,19,21). The number of carbonyl (C=O) groups excluding carboxylic acids is 1. The summed E-state index contributed by atoms with van der Waals surface area (Å²) in [6.07, 6.45) is 0. The molecule has 2 aromatic heterocycles. The van der Waals surface area contributed by atoms with E-state index >= 15 is 0 Å². The number of aromatic nitrogens is 2. The zero-order valence-corrected chi connectivity index (χ0v) is 13.6. The first-order chi connectivity index (χ1) is 10.9. The number of benzene rings is 1. The number of amides is 1. The van der Waals surface area contributed by atoms with E-state index in [0.29, 0.717) is 37.7 Å². The van der Waals surface area contributed by atoms with Crippen LogP contribution in [-0.2, 0) is 0 Å². The van der Waals surface area contributed by atoms with Crippen molar-refractivity contribution >= 4 is 33.1 Å². The van der Waals surface area contributed by atoms with Crippen LogP contribution in [0, 0.1) is 26.6 Å². The molecule has 0 atom stereocenters. The molecule has 0 aliphatic rings. The van der Waals surface area contributed by atoms with E-state index in [4.69, 9.17) is 0 Å². The van der Waals surface area contributed by atoms with Crippen LogP contribution in [0.5, 0.6) is 0 Å². The summed E-state index contributed by atoms with van der Waals surface area (Å²) in [6.45, 7) is 5.04. The Hall–Kier alpha value is -2.54. The zero-order chi connectivity index (χ0) is 16.7. The Kier molecular flexibility index (Phi) is 3.73. The first-order valence-corrected chi connectivity index (χ1v) is 7.76. The van der Waals surface area contributed by atoms with Gasteiger partial charge >= 0.3 is 0 Å². The van der Waals surface area contributed by atoms with Gasteiger partial charge in [0.25, 0.3) is 11.5 Å². The van der Waals surface area contributed by atoms with Gasteiger partial charge in [0.1, 0.15) is 16.5 Å². The molecule has 0 unspecified atom stereocenters. The Labute approximate surface area is 135 Å². The minimum Gasteiger partial charge on any atom is -0.321 e. The molecule has 3 rings (SSSR count). The number of halogens is 1. The lowest BCUT2D eigenvalue weighted by Gasteiger charge is -2.05. The molecular weight excluding hydrogens is 317 g/mol. The van der Waals surface area contributed by atoms with Crippen molar-refractivity contribution in [3.63, 3.8) is 0 Å². The average Bonchev–Trinajstić information content (AvgIpc) is 2.80. The van der Waals surface area contributed by atoms with Gasteiger partial charge in [-0.2, -0.15) is 0 Å². The fraction of sp³-hybridized carbons (Fsp3) is 0.188. The van der Waals surface area contributed by atoms with Crippen LogP contribution in [0.15, 0.2) is 23.0 Å². The lowest BCUT2D eigenvalue weighted by atomic mass is 10.2. The molecule has 3 aromatic rings. The molecule has 7 heteroatoms. The molecule has 0 fully saturated rings. The Morgan fingerprint density at radius 3 is 2.74 bits per heavy atom. The topological polar surface area (TPSA) is 74.8 Å². The van der Waals surface area contributed by atoms with Gasteiger partial charge in [0.15, 0.2) is 0 Å². The van der Waals surface area contributed by atoms with E-state index in [2.05, 4.69) is 15.3 Å². The van der Waals surface area contributed by atoms with Crippen LogP contribution < -0.4 is 10.9 Å². The largest absolute Gasteiger partial charge is 0.321 e. The van der Waals surface area contributed by atoms with Crippen LogP contribution in [0.1, 0.15) is 26.6 Å². The maximum absolute atomic E-state index is 13.6. The molecule has 0 radical (unpaired) electrons. The Morgan fingerprint density at radius 1 is 1.30 bits per heavy atom. The minimum atomic E-state index is -0.385. The van der Waals surface area contributed by atoms with Crippen molar-refractivity contribution in [2.45, 2.75) is 20.8 Å². The van der Waals surface area contributed by atoms with E-state index in [-0.39, 0.29) is 17.3 Å². The number of carbonyl (C=O) groups is 1. The molecule has 1 aromatic carbocycles. The predicted molar refractivity (Wildman–Crippen MR) is 88.8 cm³/mol. The number of aromatic amines is 1. The Morgan fingerprint density at radius 2 is 2.04 bits per heavy atom. The number of H-pyrrole nitrogens is 1. The average molecular weight is 331 g/mol. The molecule has 0 saturated heterocycles. The SMILES string of the molecule is Cc1nc2sc(C(=O)Nc3ccc(C)c(F)c3)c(C)c2c(=O)[nH]1. The van der Waals surface area contributed by atoms with E-state index in [1.165, 1.54) is 6.07 Å². The summed E-state index contributed by atoms with van der Waals surface area (Å²) >= 11 is 1.15. The van der Waals surface area contributed by atoms with Crippen molar-refractivity contribution < 1.29 is 9.18 Å². The van der Waals surface area contributed by atoms with Crippen molar-refractivity contribution in [1.29, 1.82) is 0 Å². The van der Waals surface area contributed by atoms with Crippen molar-refractivity contribution in [2.24, 2.45) is 0 Å². The normalized spacial score (nSPS) is 11.0. The smallest absolute Gasteiger partial charge is 0.266 e. The molecule has 0 bridgehead atoms. The molecule has 0 aliphatic carbocycles. The van der Waals surface area contributed by atoms with Gasteiger partial charge in [-0.1, -0.05) is 6.07 Å². The maximum Gasteiger partial charge on any atom is 0.266 e. The van der Waals surface area contributed by atoms with Crippen molar-refractivity contribution in [3.8, 4) is 0 Å². The lowest BCUT2D eigenvalue weighted by molar-refractivity contribution is 0.103. The maximum atomic E-state index is 13.6. The van der Waals surface area contributed by atoms with Gasteiger partial charge in [0.05, 0.1) is 10.3 Å². The van der Waals surface area contributed by atoms with E-state index in [0.717, 1.165) is 11.3 Å². The summed E-state index contributed by atoms with van der Waals surface area (Å²) in [5, 5.41) is 3.07. The first-order valence-electron chi connectivity index (χ1n) is 6.94. The summed E-state index contributed by atoms with van der Waals surface area (Å²) in [6, 6.07) is 4.50. The van der Waals surface area contributed by atoms with Gasteiger partial charge in [-0.15, -0.1) is 11.3 Å². The number of aryl methyl sites for hydroxylation is 3. The zero-order valence-electron chi connectivity index (χ0n) is 12.8. The molecule has 23 heavy (non-hydrogen) atoms. The first kappa shape index (κ1) is 15.4. The molecule has 2 heterocycles. The summed E-state index contributed by atoms with van der Waals surface area (Å²) in [7, 11) is 0. The number of thiophene rings is 1. The highest BCUT2D eigenvalue weighted by Gasteiger charge is 2.19. The second-order valence-electron chi connectivity index (χ2n) is 5.31. The highest BCUT2D eigenvalue weighted by atomic mass is 32.1. The van der Waals surface area contributed by atoms with Crippen LogP contribution in [0.2, 0.25) is 0 Å². The fourth-order valence-corrected chi connectivity index (χ4v) is 3.45. The third kappa shape index (κ3) is 2.75. The van der Waals surface area contributed by atoms with E-state index < -0.39 is 0 Å². The molecule has 0 saturated carbocycles. The molecule has 2 N–H and O–H groups in total. The molecule has 118 valence electrons. The van der Waals surface area contributed by atoms with Crippen LogP contribution in [0.25, 0.3) is 10.2 Å². The fourth-order valence-electron chi connectivity index (χ4n) is 2.33. The highest BCUT2D eigenvalue weighted by Crippen LogP contribution is 2.27. The molecule has 0 spiro atoms. The molecule has 1 amide bonds. The van der Waals surface area contributed by atoms with Crippen molar-refractivity contribution in [1.82, 2.24) is 9.97 Å². The summed E-state index contributed by atoms with van der Waals surface area (Å²) in [5.41, 5.74) is 1.19. The highest BCUT2D eigenvalue weighted by molar-refractivity contribution is 7.20. The number of fused-ring (bicyclic) bond motifs is 1. The predicted octanol–water partition coefficient (Wildman–Crippen LogP) is 3.30. The van der Waals surface area contributed by atoms with Gasteiger partial charge in [-0.25, -0.2) is 9.37 Å². The number of hydrogen-bond donors (Lipinski definition) is 2. The van der Waals surface area contributed by atoms with Gasteiger partial charge in [-0.3, -0.25) is 9.59 Å². The lowest BCUT2D eigenvalue weighted by Crippen LogP contribution is -2.13. The summed E-state index contributed by atoms with van der Waals surface area (Å²) in [4.78, 5) is 32.3. The second-order valence-corrected chi connectivity index (χ2v) is 6.30.